The molecule has 8 heteroatoms. The average Bonchev–Trinajstić information content (AvgIpc) is 3.24. The van der Waals surface area contributed by atoms with E-state index in [9.17, 15) is 4.79 Å². The van der Waals surface area contributed by atoms with Crippen LogP contribution in [0.4, 0.5) is 0 Å². The van der Waals surface area contributed by atoms with Gasteiger partial charge in [-0.25, -0.2) is 4.99 Å². The van der Waals surface area contributed by atoms with Gasteiger partial charge in [0.05, 0.1) is 13.2 Å². The van der Waals surface area contributed by atoms with Gasteiger partial charge in [-0.2, -0.15) is 0 Å². The lowest BCUT2D eigenvalue weighted by atomic mass is 10.1. The van der Waals surface area contributed by atoms with E-state index in [4.69, 9.17) is 4.74 Å². The van der Waals surface area contributed by atoms with Crippen LogP contribution in [0.15, 0.2) is 29.3 Å². The number of rotatable bonds is 9. The van der Waals surface area contributed by atoms with Crippen LogP contribution in [-0.4, -0.2) is 75.6 Å². The Balaban J connectivity index is 0.00000420. The molecule has 1 heterocycles. The van der Waals surface area contributed by atoms with E-state index in [1.165, 1.54) is 18.4 Å². The van der Waals surface area contributed by atoms with Crippen molar-refractivity contribution >= 4 is 35.8 Å². The highest BCUT2D eigenvalue weighted by Crippen LogP contribution is 2.26. The topological polar surface area (TPSA) is 69.2 Å². The Morgan fingerprint density at radius 2 is 1.86 bits per heavy atom. The first-order valence-corrected chi connectivity index (χ1v) is 10.2. The number of hydrogen-bond donors (Lipinski definition) is 2. The number of nitrogens with zero attached hydrogens (tertiary/aromatic N) is 3. The number of ether oxygens (including phenoxy) is 1. The zero-order chi connectivity index (χ0) is 20.4. The summed E-state index contributed by atoms with van der Waals surface area (Å²) in [7, 11) is 5.18. The van der Waals surface area contributed by atoms with Crippen molar-refractivity contribution in [3.63, 3.8) is 0 Å². The van der Waals surface area contributed by atoms with Crippen molar-refractivity contribution in [3.05, 3.63) is 29.8 Å². The minimum Gasteiger partial charge on any atom is -0.497 e. The zero-order valence-corrected chi connectivity index (χ0v) is 20.4. The lowest BCUT2D eigenvalue weighted by Crippen LogP contribution is -2.43. The largest absolute Gasteiger partial charge is 0.497 e. The predicted molar refractivity (Wildman–Crippen MR) is 129 cm³/mol. The van der Waals surface area contributed by atoms with Crippen LogP contribution in [0.5, 0.6) is 5.75 Å². The summed E-state index contributed by atoms with van der Waals surface area (Å²) in [5, 5.41) is 6.76. The SMILES string of the molecule is CCCNC(=NCC(=O)N(C)C)NCC(c1ccc(OC)cc1)N1CCCC1.I. The van der Waals surface area contributed by atoms with E-state index in [-0.39, 0.29) is 42.5 Å². The molecule has 7 nitrogen and oxygen atoms in total. The molecule has 1 amide bonds. The first kappa shape index (κ1) is 25.5. The summed E-state index contributed by atoms with van der Waals surface area (Å²) in [6.45, 7) is 6.01. The number of carbonyl (C=O) groups excluding carboxylic acids is 1. The maximum atomic E-state index is 11.9. The maximum Gasteiger partial charge on any atom is 0.243 e. The summed E-state index contributed by atoms with van der Waals surface area (Å²) in [5.74, 6) is 1.55. The molecule has 0 spiro atoms. The van der Waals surface area contributed by atoms with Gasteiger partial charge in [0.25, 0.3) is 0 Å². The van der Waals surface area contributed by atoms with Crippen molar-refractivity contribution in [3.8, 4) is 5.75 Å². The van der Waals surface area contributed by atoms with Crippen molar-refractivity contribution in [2.24, 2.45) is 4.99 Å². The minimum atomic E-state index is -0.0103. The van der Waals surface area contributed by atoms with Gasteiger partial charge >= 0.3 is 0 Å². The van der Waals surface area contributed by atoms with Gasteiger partial charge in [0.15, 0.2) is 5.96 Å². The standard InChI is InChI=1S/C21H35N5O2.HI/c1-5-12-22-21(24-16-20(27)25(2)3)23-15-19(26-13-6-7-14-26)17-8-10-18(28-4)11-9-17;/h8-11,19H,5-7,12-16H2,1-4H3,(H2,22,23,24);1H. The molecule has 0 saturated carbocycles. The number of guanidine groups is 1. The molecule has 1 unspecified atom stereocenters. The Hall–Kier alpha value is -1.55. The van der Waals surface area contributed by atoms with Gasteiger partial charge in [0.1, 0.15) is 12.3 Å². The van der Waals surface area contributed by atoms with Gasteiger partial charge in [-0.3, -0.25) is 9.69 Å². The van der Waals surface area contributed by atoms with Gasteiger partial charge in [0, 0.05) is 27.2 Å². The third kappa shape index (κ3) is 8.38. The Morgan fingerprint density at radius 3 is 2.41 bits per heavy atom. The van der Waals surface area contributed by atoms with E-state index >= 15 is 0 Å². The van der Waals surface area contributed by atoms with Crippen LogP contribution in [0.1, 0.15) is 37.8 Å². The molecule has 1 saturated heterocycles. The number of methoxy groups -OCH3 is 1. The van der Waals surface area contributed by atoms with E-state index < -0.39 is 0 Å². The quantitative estimate of drug-likeness (QED) is 0.299. The molecule has 1 aliphatic rings. The van der Waals surface area contributed by atoms with Crippen molar-refractivity contribution in [1.29, 1.82) is 0 Å². The summed E-state index contributed by atoms with van der Waals surface area (Å²) in [4.78, 5) is 20.4. The summed E-state index contributed by atoms with van der Waals surface area (Å²) >= 11 is 0. The van der Waals surface area contributed by atoms with Crippen LogP contribution in [0.2, 0.25) is 0 Å². The fourth-order valence-corrected chi connectivity index (χ4v) is 3.24. The van der Waals surface area contributed by atoms with Crippen LogP contribution < -0.4 is 15.4 Å². The smallest absolute Gasteiger partial charge is 0.243 e. The lowest BCUT2D eigenvalue weighted by Gasteiger charge is -2.29. The Kier molecular flexibility index (Phi) is 12.0. The zero-order valence-electron chi connectivity index (χ0n) is 18.1. The van der Waals surface area contributed by atoms with Crippen LogP contribution in [0.25, 0.3) is 0 Å². The monoisotopic (exact) mass is 517 g/mol. The van der Waals surface area contributed by atoms with E-state index in [0.29, 0.717) is 5.96 Å². The number of nitrogens with one attached hydrogen (secondary N) is 2. The van der Waals surface area contributed by atoms with Gasteiger partial charge in [-0.1, -0.05) is 19.1 Å². The number of likely N-dealkylation sites (tertiary alicyclic amines) is 1. The van der Waals surface area contributed by atoms with Gasteiger partial charge in [0.2, 0.25) is 5.91 Å². The second kappa shape index (κ2) is 13.6. The molecule has 1 aliphatic heterocycles. The summed E-state index contributed by atoms with van der Waals surface area (Å²) in [6, 6.07) is 8.55. The Bertz CT molecular complexity index is 630. The minimum absolute atomic E-state index is 0. The maximum absolute atomic E-state index is 11.9. The number of halogens is 1. The van der Waals surface area contributed by atoms with Crippen molar-refractivity contribution in [2.75, 3.05) is 53.9 Å². The fourth-order valence-electron chi connectivity index (χ4n) is 3.24. The molecule has 1 aromatic rings. The molecule has 1 aromatic carbocycles. The molecule has 2 rings (SSSR count). The van der Waals surface area contributed by atoms with Gasteiger partial charge < -0.3 is 20.3 Å². The van der Waals surface area contributed by atoms with Gasteiger partial charge in [-0.05, 0) is 50.0 Å². The molecule has 0 aromatic heterocycles. The molecule has 29 heavy (non-hydrogen) atoms. The summed E-state index contributed by atoms with van der Waals surface area (Å²) < 4.78 is 5.30. The average molecular weight is 517 g/mol. The fraction of sp³-hybridized carbons (Fsp3) is 0.619. The van der Waals surface area contributed by atoms with Crippen LogP contribution in [0, 0.1) is 0 Å². The molecule has 1 fully saturated rings. The van der Waals surface area contributed by atoms with Crippen molar-refractivity contribution < 1.29 is 9.53 Å². The predicted octanol–water partition coefficient (Wildman–Crippen LogP) is 2.48. The third-order valence-corrected chi connectivity index (χ3v) is 4.96. The summed E-state index contributed by atoms with van der Waals surface area (Å²) in [6.07, 6.45) is 3.47. The Morgan fingerprint density at radius 1 is 1.21 bits per heavy atom. The highest BCUT2D eigenvalue weighted by molar-refractivity contribution is 14.0. The first-order chi connectivity index (χ1) is 13.5. The summed E-state index contributed by atoms with van der Waals surface area (Å²) in [5.41, 5.74) is 1.26. The lowest BCUT2D eigenvalue weighted by molar-refractivity contribution is -0.127. The number of likely N-dealkylation sites (N-methyl/N-ethyl adjacent to an activating group) is 1. The number of hydrogen-bond acceptors (Lipinski definition) is 4. The molecule has 164 valence electrons. The third-order valence-electron chi connectivity index (χ3n) is 4.96. The number of carbonyl (C=O) groups is 1. The van der Waals surface area contributed by atoms with Crippen LogP contribution >= 0.6 is 24.0 Å². The molecule has 1 atom stereocenters. The normalized spacial score (nSPS) is 15.4. The highest BCUT2D eigenvalue weighted by atomic mass is 127. The van der Waals surface area contributed by atoms with E-state index in [1.807, 2.05) is 12.1 Å². The van der Waals surface area contributed by atoms with E-state index in [2.05, 4.69) is 39.6 Å². The number of amides is 1. The molecule has 2 N–H and O–H groups in total. The van der Waals surface area contributed by atoms with E-state index in [0.717, 1.165) is 38.3 Å². The highest BCUT2D eigenvalue weighted by Gasteiger charge is 2.23. The molecular formula is C21H36IN5O2. The number of benzene rings is 1. The van der Waals surface area contributed by atoms with Gasteiger partial charge in [-0.15, -0.1) is 24.0 Å². The Labute approximate surface area is 192 Å². The number of aliphatic imine (C=N–C) groups is 1. The molecule has 0 aliphatic carbocycles. The van der Waals surface area contributed by atoms with Crippen LogP contribution in [0.3, 0.4) is 0 Å². The molecule has 0 bridgehead atoms. The molecular weight excluding hydrogens is 481 g/mol. The second-order valence-corrected chi connectivity index (χ2v) is 7.29. The molecule has 0 radical (unpaired) electrons. The van der Waals surface area contributed by atoms with Crippen LogP contribution in [-0.2, 0) is 4.79 Å². The van der Waals surface area contributed by atoms with E-state index in [1.54, 1.807) is 26.1 Å². The van der Waals surface area contributed by atoms with Crippen molar-refractivity contribution in [2.45, 2.75) is 32.2 Å². The first-order valence-electron chi connectivity index (χ1n) is 10.2. The second-order valence-electron chi connectivity index (χ2n) is 7.29. The van der Waals surface area contributed by atoms with Crippen molar-refractivity contribution in [1.82, 2.24) is 20.4 Å².